The summed E-state index contributed by atoms with van der Waals surface area (Å²) in [7, 11) is 0. The molecule has 0 saturated carbocycles. The molecule has 0 spiro atoms. The van der Waals surface area contributed by atoms with Gasteiger partial charge in [-0.3, -0.25) is 5.32 Å². The summed E-state index contributed by atoms with van der Waals surface area (Å²) < 4.78 is 42.2. The first kappa shape index (κ1) is 15.8. The zero-order chi connectivity index (χ0) is 14.5. The topological polar surface area (TPSA) is 38.3 Å². The van der Waals surface area contributed by atoms with Crippen LogP contribution in [0.1, 0.15) is 12.5 Å². The fraction of sp³-hybridized carbons (Fsp3) is 0.417. The van der Waals surface area contributed by atoms with Gasteiger partial charge in [-0.2, -0.15) is 13.2 Å². The minimum atomic E-state index is -4.44. The van der Waals surface area contributed by atoms with Crippen LogP contribution >= 0.6 is 15.9 Å². The number of carbonyl (C=O) groups is 1. The molecule has 1 amide bonds. The van der Waals surface area contributed by atoms with E-state index in [-0.39, 0.29) is 18.2 Å². The number of carbonyl (C=O) groups excluding carboxylic acids is 1. The molecule has 7 heteroatoms. The van der Waals surface area contributed by atoms with Crippen molar-refractivity contribution in [2.45, 2.75) is 13.1 Å². The van der Waals surface area contributed by atoms with Crippen LogP contribution in [0.2, 0.25) is 0 Å². The van der Waals surface area contributed by atoms with Crippen LogP contribution in [0.3, 0.4) is 0 Å². The molecule has 1 unspecified atom stereocenters. The van der Waals surface area contributed by atoms with Gasteiger partial charge in [-0.05, 0) is 18.2 Å². The number of rotatable bonds is 4. The lowest BCUT2D eigenvalue weighted by Crippen LogP contribution is -2.18. The van der Waals surface area contributed by atoms with E-state index in [2.05, 4.69) is 21.2 Å². The van der Waals surface area contributed by atoms with Crippen molar-refractivity contribution in [1.29, 1.82) is 0 Å². The third kappa shape index (κ3) is 5.50. The van der Waals surface area contributed by atoms with Crippen LogP contribution in [-0.2, 0) is 10.9 Å². The molecule has 1 atom stereocenters. The molecule has 0 aromatic heterocycles. The summed E-state index contributed by atoms with van der Waals surface area (Å²) in [6, 6.07) is 4.38. The van der Waals surface area contributed by atoms with E-state index in [0.717, 1.165) is 12.1 Å². The van der Waals surface area contributed by atoms with Crippen molar-refractivity contribution in [1.82, 2.24) is 0 Å². The van der Waals surface area contributed by atoms with E-state index in [4.69, 9.17) is 4.74 Å². The molecule has 106 valence electrons. The molecule has 1 rings (SSSR count). The van der Waals surface area contributed by atoms with Crippen LogP contribution in [0.5, 0.6) is 0 Å². The van der Waals surface area contributed by atoms with E-state index < -0.39 is 17.8 Å². The number of halogens is 4. The highest BCUT2D eigenvalue weighted by molar-refractivity contribution is 9.09. The van der Waals surface area contributed by atoms with Gasteiger partial charge in [0.25, 0.3) is 0 Å². The fourth-order valence-corrected chi connectivity index (χ4v) is 1.38. The number of nitrogens with one attached hydrogen (secondary N) is 1. The Balaban J connectivity index is 2.60. The highest BCUT2D eigenvalue weighted by Crippen LogP contribution is 2.30. The standard InChI is InChI=1S/C12H13BrF3NO2/c1-8(6-13)7-19-11(18)17-10-4-2-3-9(5-10)12(14,15)16/h2-5,8H,6-7H2,1H3,(H,17,18). The number of anilines is 1. The number of hydrogen-bond acceptors (Lipinski definition) is 2. The summed E-state index contributed by atoms with van der Waals surface area (Å²) in [5.74, 6) is 0.132. The van der Waals surface area contributed by atoms with E-state index in [1.165, 1.54) is 12.1 Å². The minimum absolute atomic E-state index is 0.0475. The lowest BCUT2D eigenvalue weighted by Gasteiger charge is -2.11. The van der Waals surface area contributed by atoms with Crippen molar-refractivity contribution in [2.24, 2.45) is 5.92 Å². The lowest BCUT2D eigenvalue weighted by atomic mass is 10.2. The fourth-order valence-electron chi connectivity index (χ4n) is 1.19. The first-order valence-corrected chi connectivity index (χ1v) is 6.62. The van der Waals surface area contributed by atoms with Crippen molar-refractivity contribution in [3.8, 4) is 0 Å². The van der Waals surface area contributed by atoms with Gasteiger partial charge in [0.1, 0.15) is 0 Å². The van der Waals surface area contributed by atoms with Gasteiger partial charge in [0.15, 0.2) is 0 Å². The molecule has 0 radical (unpaired) electrons. The number of hydrogen-bond donors (Lipinski definition) is 1. The number of benzene rings is 1. The summed E-state index contributed by atoms with van der Waals surface area (Å²) in [6.07, 6.45) is -5.21. The normalized spacial score (nSPS) is 12.9. The van der Waals surface area contributed by atoms with Crippen molar-refractivity contribution < 1.29 is 22.7 Å². The van der Waals surface area contributed by atoms with Crippen LogP contribution in [-0.4, -0.2) is 18.0 Å². The molecule has 0 aliphatic carbocycles. The second-order valence-electron chi connectivity index (χ2n) is 4.06. The van der Waals surface area contributed by atoms with Crippen molar-refractivity contribution >= 4 is 27.7 Å². The molecule has 0 heterocycles. The maximum atomic E-state index is 12.5. The van der Waals surface area contributed by atoms with E-state index in [9.17, 15) is 18.0 Å². The first-order valence-electron chi connectivity index (χ1n) is 5.50. The molecule has 1 N–H and O–H groups in total. The zero-order valence-corrected chi connectivity index (χ0v) is 11.7. The Morgan fingerprint density at radius 2 is 2.16 bits per heavy atom. The molecule has 3 nitrogen and oxygen atoms in total. The Labute approximate surface area is 117 Å². The van der Waals surface area contributed by atoms with Gasteiger partial charge in [-0.25, -0.2) is 4.79 Å². The van der Waals surface area contributed by atoms with Gasteiger partial charge in [-0.1, -0.05) is 28.9 Å². The van der Waals surface area contributed by atoms with Gasteiger partial charge in [0.2, 0.25) is 0 Å². The maximum Gasteiger partial charge on any atom is 0.416 e. The van der Waals surface area contributed by atoms with Crippen LogP contribution < -0.4 is 5.32 Å². The zero-order valence-electron chi connectivity index (χ0n) is 10.1. The van der Waals surface area contributed by atoms with Gasteiger partial charge in [0, 0.05) is 16.9 Å². The van der Waals surface area contributed by atoms with Crippen molar-refractivity contribution in [2.75, 3.05) is 17.3 Å². The summed E-state index contributed by atoms with van der Waals surface area (Å²) in [4.78, 5) is 11.4. The van der Waals surface area contributed by atoms with Crippen molar-refractivity contribution in [3.05, 3.63) is 29.8 Å². The third-order valence-electron chi connectivity index (χ3n) is 2.20. The molecule has 0 fully saturated rings. The summed E-state index contributed by atoms with van der Waals surface area (Å²) >= 11 is 3.23. The third-order valence-corrected chi connectivity index (χ3v) is 3.30. The predicted octanol–water partition coefficient (Wildman–Crippen LogP) is 4.28. The van der Waals surface area contributed by atoms with Crippen LogP contribution in [0.4, 0.5) is 23.7 Å². The average Bonchev–Trinajstić information content (AvgIpc) is 2.35. The van der Waals surface area contributed by atoms with Crippen LogP contribution in [0.15, 0.2) is 24.3 Å². The van der Waals surface area contributed by atoms with E-state index in [1.807, 2.05) is 6.92 Å². The molecular formula is C12H13BrF3NO2. The first-order chi connectivity index (χ1) is 8.82. The summed E-state index contributed by atoms with van der Waals surface area (Å²) in [6.45, 7) is 2.06. The summed E-state index contributed by atoms with van der Waals surface area (Å²) in [5, 5.41) is 2.93. The molecule has 1 aromatic rings. The van der Waals surface area contributed by atoms with Gasteiger partial charge in [-0.15, -0.1) is 0 Å². The largest absolute Gasteiger partial charge is 0.449 e. The Morgan fingerprint density at radius 1 is 1.47 bits per heavy atom. The second-order valence-corrected chi connectivity index (χ2v) is 4.71. The molecule has 0 bridgehead atoms. The average molecular weight is 340 g/mol. The number of alkyl halides is 4. The van der Waals surface area contributed by atoms with Gasteiger partial charge in [0.05, 0.1) is 12.2 Å². The SMILES string of the molecule is CC(CBr)COC(=O)Nc1cccc(C(F)(F)F)c1. The maximum absolute atomic E-state index is 12.5. The number of amides is 1. The summed E-state index contributed by atoms with van der Waals surface area (Å²) in [5.41, 5.74) is -0.773. The van der Waals surface area contributed by atoms with Gasteiger partial charge >= 0.3 is 12.3 Å². The lowest BCUT2D eigenvalue weighted by molar-refractivity contribution is -0.137. The molecular weight excluding hydrogens is 327 g/mol. The smallest absolute Gasteiger partial charge is 0.416 e. The predicted molar refractivity (Wildman–Crippen MR) is 69.4 cm³/mol. The van der Waals surface area contributed by atoms with E-state index >= 15 is 0 Å². The Bertz CT molecular complexity index is 437. The van der Waals surface area contributed by atoms with Crippen LogP contribution in [0.25, 0.3) is 0 Å². The molecule has 19 heavy (non-hydrogen) atoms. The number of ether oxygens (including phenoxy) is 1. The van der Waals surface area contributed by atoms with Gasteiger partial charge < -0.3 is 4.74 Å². The van der Waals surface area contributed by atoms with E-state index in [0.29, 0.717) is 5.33 Å². The molecule has 1 aromatic carbocycles. The Morgan fingerprint density at radius 3 is 2.74 bits per heavy atom. The Hall–Kier alpha value is -1.24. The molecule has 0 aliphatic rings. The highest BCUT2D eigenvalue weighted by atomic mass is 79.9. The minimum Gasteiger partial charge on any atom is -0.449 e. The molecule has 0 saturated heterocycles. The Kier molecular flexibility index (Phi) is 5.65. The highest BCUT2D eigenvalue weighted by Gasteiger charge is 2.30. The molecule has 0 aliphatic heterocycles. The quantitative estimate of drug-likeness (QED) is 0.831. The van der Waals surface area contributed by atoms with Crippen molar-refractivity contribution in [3.63, 3.8) is 0 Å². The monoisotopic (exact) mass is 339 g/mol. The van der Waals surface area contributed by atoms with Crippen LogP contribution in [0, 0.1) is 5.92 Å². The van der Waals surface area contributed by atoms with E-state index in [1.54, 1.807) is 0 Å². The second kappa shape index (κ2) is 6.79.